The minimum atomic E-state index is -0.735. The van der Waals surface area contributed by atoms with E-state index >= 15 is 0 Å². The van der Waals surface area contributed by atoms with Crippen LogP contribution in [-0.4, -0.2) is 42.6 Å². The molecule has 2 fully saturated rings. The van der Waals surface area contributed by atoms with E-state index in [-0.39, 0.29) is 11.9 Å². The molecule has 2 rings (SSSR count). The van der Waals surface area contributed by atoms with Gasteiger partial charge in [-0.15, -0.1) is 0 Å². The molecule has 0 spiro atoms. The Morgan fingerprint density at radius 1 is 1.40 bits per heavy atom. The lowest BCUT2D eigenvalue weighted by Gasteiger charge is -2.38. The van der Waals surface area contributed by atoms with Crippen molar-refractivity contribution in [1.29, 1.82) is 0 Å². The van der Waals surface area contributed by atoms with Gasteiger partial charge in [-0.1, -0.05) is 13.3 Å². The van der Waals surface area contributed by atoms with Crippen molar-refractivity contribution in [2.45, 2.75) is 64.0 Å². The van der Waals surface area contributed by atoms with Crippen LogP contribution in [0.4, 0.5) is 0 Å². The summed E-state index contributed by atoms with van der Waals surface area (Å²) < 4.78 is 4.92. The molecule has 4 unspecified atom stereocenters. The largest absolute Gasteiger partial charge is 0.468 e. The first-order valence-electron chi connectivity index (χ1n) is 8.08. The minimum absolute atomic E-state index is 0.222. The summed E-state index contributed by atoms with van der Waals surface area (Å²) >= 11 is 0. The molecule has 2 aliphatic rings. The highest BCUT2D eigenvalue weighted by Crippen LogP contribution is 2.37. The fraction of sp³-hybridized carbons (Fsp3) is 0.938. The van der Waals surface area contributed by atoms with Gasteiger partial charge in [-0.05, 0) is 64.0 Å². The van der Waals surface area contributed by atoms with E-state index in [2.05, 4.69) is 18.7 Å². The lowest BCUT2D eigenvalue weighted by Crippen LogP contribution is -2.52. The van der Waals surface area contributed by atoms with Crippen molar-refractivity contribution >= 4 is 5.97 Å². The van der Waals surface area contributed by atoms with Crippen LogP contribution in [0.15, 0.2) is 0 Å². The van der Waals surface area contributed by atoms with E-state index in [1.165, 1.54) is 26.5 Å². The van der Waals surface area contributed by atoms with Gasteiger partial charge in [-0.2, -0.15) is 0 Å². The second kappa shape index (κ2) is 6.44. The van der Waals surface area contributed by atoms with Crippen molar-refractivity contribution in [1.82, 2.24) is 4.90 Å². The minimum Gasteiger partial charge on any atom is -0.468 e. The SMILES string of the molecule is COC(=O)C1(N)CCCC1CCN1CCC(C)CC1C. The number of nitrogens with two attached hydrogens (primary N) is 1. The van der Waals surface area contributed by atoms with E-state index in [1.807, 2.05) is 0 Å². The third-order valence-corrected chi connectivity index (χ3v) is 5.48. The highest BCUT2D eigenvalue weighted by Gasteiger charge is 2.46. The van der Waals surface area contributed by atoms with Gasteiger partial charge in [0.05, 0.1) is 7.11 Å². The predicted molar refractivity (Wildman–Crippen MR) is 80.3 cm³/mol. The molecule has 1 saturated carbocycles. The maximum atomic E-state index is 11.9. The first-order valence-corrected chi connectivity index (χ1v) is 8.08. The highest BCUT2D eigenvalue weighted by atomic mass is 16.5. The molecule has 0 aromatic heterocycles. The van der Waals surface area contributed by atoms with Crippen LogP contribution < -0.4 is 5.73 Å². The van der Waals surface area contributed by atoms with Crippen LogP contribution in [0.5, 0.6) is 0 Å². The van der Waals surface area contributed by atoms with E-state index in [1.54, 1.807) is 0 Å². The third kappa shape index (κ3) is 3.17. The van der Waals surface area contributed by atoms with E-state index in [0.29, 0.717) is 6.04 Å². The Labute approximate surface area is 123 Å². The number of piperidine rings is 1. The van der Waals surface area contributed by atoms with E-state index < -0.39 is 5.54 Å². The molecule has 1 heterocycles. The molecule has 116 valence electrons. The van der Waals surface area contributed by atoms with Crippen LogP contribution in [0, 0.1) is 11.8 Å². The zero-order chi connectivity index (χ0) is 14.8. The maximum absolute atomic E-state index is 11.9. The molecule has 2 N–H and O–H groups in total. The summed E-state index contributed by atoms with van der Waals surface area (Å²) in [7, 11) is 1.44. The predicted octanol–water partition coefficient (Wildman–Crippen LogP) is 2.17. The summed E-state index contributed by atoms with van der Waals surface area (Å²) in [5, 5.41) is 0. The van der Waals surface area contributed by atoms with Crippen LogP contribution in [0.3, 0.4) is 0 Å². The van der Waals surface area contributed by atoms with Crippen LogP contribution in [0.2, 0.25) is 0 Å². The quantitative estimate of drug-likeness (QED) is 0.803. The van der Waals surface area contributed by atoms with Gasteiger partial charge in [0, 0.05) is 6.04 Å². The van der Waals surface area contributed by atoms with Gasteiger partial charge in [0.25, 0.3) is 0 Å². The monoisotopic (exact) mass is 282 g/mol. The fourth-order valence-electron chi connectivity index (χ4n) is 4.07. The van der Waals surface area contributed by atoms with Gasteiger partial charge in [-0.25, -0.2) is 0 Å². The molecule has 4 atom stereocenters. The molecule has 1 aliphatic carbocycles. The third-order valence-electron chi connectivity index (χ3n) is 5.48. The van der Waals surface area contributed by atoms with Crippen molar-refractivity contribution in [2.75, 3.05) is 20.2 Å². The van der Waals surface area contributed by atoms with Crippen LogP contribution in [-0.2, 0) is 9.53 Å². The molecule has 4 nitrogen and oxygen atoms in total. The normalized spacial score (nSPS) is 38.9. The first kappa shape index (κ1) is 15.8. The van der Waals surface area contributed by atoms with Crippen molar-refractivity contribution < 1.29 is 9.53 Å². The van der Waals surface area contributed by atoms with Crippen molar-refractivity contribution in [3.8, 4) is 0 Å². The average molecular weight is 282 g/mol. The number of carbonyl (C=O) groups excluding carboxylic acids is 1. The van der Waals surface area contributed by atoms with Crippen molar-refractivity contribution in [2.24, 2.45) is 17.6 Å². The number of hydrogen-bond donors (Lipinski definition) is 1. The van der Waals surface area contributed by atoms with Gasteiger partial charge in [0.2, 0.25) is 0 Å². The molecule has 1 saturated heterocycles. The number of likely N-dealkylation sites (tertiary alicyclic amines) is 1. The average Bonchev–Trinajstić information content (AvgIpc) is 2.79. The summed E-state index contributed by atoms with van der Waals surface area (Å²) in [6.45, 7) is 6.91. The van der Waals surface area contributed by atoms with Crippen LogP contribution in [0.1, 0.15) is 52.4 Å². The molecular weight excluding hydrogens is 252 g/mol. The molecule has 1 aliphatic heterocycles. The smallest absolute Gasteiger partial charge is 0.326 e. The Hall–Kier alpha value is -0.610. The number of ether oxygens (including phenoxy) is 1. The van der Waals surface area contributed by atoms with Gasteiger partial charge < -0.3 is 15.4 Å². The Morgan fingerprint density at radius 3 is 2.80 bits per heavy atom. The molecule has 0 bridgehead atoms. The molecule has 0 amide bonds. The van der Waals surface area contributed by atoms with Gasteiger partial charge >= 0.3 is 5.97 Å². The summed E-state index contributed by atoms with van der Waals surface area (Å²) in [6.07, 6.45) is 6.48. The van der Waals surface area contributed by atoms with Crippen LogP contribution in [0.25, 0.3) is 0 Å². The zero-order valence-electron chi connectivity index (χ0n) is 13.2. The van der Waals surface area contributed by atoms with Gasteiger partial charge in [0.15, 0.2) is 0 Å². The first-order chi connectivity index (χ1) is 9.47. The maximum Gasteiger partial charge on any atom is 0.326 e. The number of rotatable bonds is 4. The van der Waals surface area contributed by atoms with Crippen molar-refractivity contribution in [3.63, 3.8) is 0 Å². The van der Waals surface area contributed by atoms with Crippen LogP contribution >= 0.6 is 0 Å². The van der Waals surface area contributed by atoms with E-state index in [0.717, 1.165) is 38.1 Å². The van der Waals surface area contributed by atoms with Crippen molar-refractivity contribution in [3.05, 3.63) is 0 Å². The molecule has 0 radical (unpaired) electrons. The number of esters is 1. The second-order valence-corrected chi connectivity index (χ2v) is 6.92. The molecule has 4 heteroatoms. The Balaban J connectivity index is 1.88. The summed E-state index contributed by atoms with van der Waals surface area (Å²) in [4.78, 5) is 14.5. The lowest BCUT2D eigenvalue weighted by atomic mass is 9.85. The Bertz CT molecular complexity index is 347. The Morgan fingerprint density at radius 2 is 2.15 bits per heavy atom. The van der Waals surface area contributed by atoms with Gasteiger partial charge in [-0.3, -0.25) is 4.79 Å². The summed E-state index contributed by atoms with van der Waals surface area (Å²) in [6, 6.07) is 0.658. The number of carbonyl (C=O) groups is 1. The number of nitrogens with zero attached hydrogens (tertiary/aromatic N) is 1. The molecule has 20 heavy (non-hydrogen) atoms. The summed E-state index contributed by atoms with van der Waals surface area (Å²) in [5.41, 5.74) is 5.60. The lowest BCUT2D eigenvalue weighted by molar-refractivity contribution is -0.148. The standard InChI is InChI=1S/C16H30N2O2/c1-12-6-9-18(13(2)11-12)10-7-14-5-4-8-16(14,17)15(19)20-3/h12-14H,4-11,17H2,1-3H3. The Kier molecular flexibility index (Phi) is 5.08. The second-order valence-electron chi connectivity index (χ2n) is 6.92. The molecular formula is C16H30N2O2. The number of methoxy groups -OCH3 is 1. The fourth-order valence-corrected chi connectivity index (χ4v) is 4.07. The van der Waals surface area contributed by atoms with E-state index in [9.17, 15) is 4.79 Å². The number of hydrogen-bond acceptors (Lipinski definition) is 4. The van der Waals surface area contributed by atoms with E-state index in [4.69, 9.17) is 10.5 Å². The summed E-state index contributed by atoms with van der Waals surface area (Å²) in [5.74, 6) is 0.901. The zero-order valence-corrected chi connectivity index (χ0v) is 13.2. The van der Waals surface area contributed by atoms with Gasteiger partial charge in [0.1, 0.15) is 5.54 Å². The topological polar surface area (TPSA) is 55.6 Å². The molecule has 0 aromatic rings. The molecule has 0 aromatic carbocycles. The highest BCUT2D eigenvalue weighted by molar-refractivity contribution is 5.81.